The first kappa shape index (κ1) is 17.8. The first-order chi connectivity index (χ1) is 13.5. The molecule has 0 aliphatic heterocycles. The number of benzene rings is 1. The van der Waals surface area contributed by atoms with Crippen molar-refractivity contribution in [3.8, 4) is 11.3 Å². The van der Waals surface area contributed by atoms with Crippen molar-refractivity contribution < 1.29 is 9.42 Å². The number of fused-ring (bicyclic) bond motifs is 1. The number of carbonyl (C=O) groups is 1. The molecule has 0 radical (unpaired) electrons. The van der Waals surface area contributed by atoms with Gasteiger partial charge in [0.05, 0.1) is 23.3 Å². The van der Waals surface area contributed by atoms with Gasteiger partial charge in [-0.3, -0.25) is 9.78 Å². The Morgan fingerprint density at radius 2 is 1.89 bits per heavy atom. The van der Waals surface area contributed by atoms with Crippen LogP contribution in [0.25, 0.3) is 22.2 Å². The van der Waals surface area contributed by atoms with Crippen molar-refractivity contribution in [2.75, 3.05) is 7.05 Å². The molecule has 0 atom stereocenters. The minimum Gasteiger partial charge on any atom is -0.336 e. The van der Waals surface area contributed by atoms with Gasteiger partial charge in [-0.05, 0) is 37.6 Å². The quantitative estimate of drug-likeness (QED) is 0.544. The Kier molecular flexibility index (Phi) is 4.57. The summed E-state index contributed by atoms with van der Waals surface area (Å²) in [6, 6.07) is 11.5. The predicted molar refractivity (Wildman–Crippen MR) is 105 cm³/mol. The lowest BCUT2D eigenvalue weighted by Gasteiger charge is -2.18. The Morgan fingerprint density at radius 1 is 1.11 bits per heavy atom. The van der Waals surface area contributed by atoms with Crippen LogP contribution in [0.1, 0.15) is 27.3 Å². The van der Waals surface area contributed by atoms with Gasteiger partial charge in [-0.25, -0.2) is 9.61 Å². The van der Waals surface area contributed by atoms with Crippen molar-refractivity contribution in [2.45, 2.75) is 20.4 Å². The van der Waals surface area contributed by atoms with Gasteiger partial charge in [0.15, 0.2) is 0 Å². The van der Waals surface area contributed by atoms with Crippen LogP contribution >= 0.6 is 0 Å². The molecule has 0 aliphatic rings. The zero-order chi connectivity index (χ0) is 19.7. The lowest BCUT2D eigenvalue weighted by molar-refractivity contribution is 0.0783. The summed E-state index contributed by atoms with van der Waals surface area (Å²) in [5.41, 5.74) is 5.38. The molecule has 4 rings (SSSR count). The minimum absolute atomic E-state index is 0.115. The molecule has 0 unspecified atom stereocenters. The van der Waals surface area contributed by atoms with Crippen LogP contribution in [-0.4, -0.2) is 38.1 Å². The minimum atomic E-state index is -0.115. The summed E-state index contributed by atoms with van der Waals surface area (Å²) in [7, 11) is 1.74. The molecule has 4 aromatic rings. The Balaban J connectivity index is 1.81. The summed E-state index contributed by atoms with van der Waals surface area (Å²) in [5.74, 6) is -0.115. The van der Waals surface area contributed by atoms with Crippen LogP contribution in [0.3, 0.4) is 0 Å². The monoisotopic (exact) mass is 373 g/mol. The number of rotatable bonds is 4. The van der Waals surface area contributed by atoms with Gasteiger partial charge in [-0.15, -0.1) is 0 Å². The summed E-state index contributed by atoms with van der Waals surface area (Å²) in [4.78, 5) is 23.8. The summed E-state index contributed by atoms with van der Waals surface area (Å²) in [6.45, 7) is 4.11. The molecule has 0 spiro atoms. The highest BCUT2D eigenvalue weighted by Crippen LogP contribution is 2.27. The molecule has 3 aromatic heterocycles. The van der Waals surface area contributed by atoms with E-state index >= 15 is 0 Å². The van der Waals surface area contributed by atoms with Crippen molar-refractivity contribution in [1.82, 2.24) is 25.2 Å². The van der Waals surface area contributed by atoms with E-state index in [1.54, 1.807) is 31.3 Å². The number of para-hydroxylation sites is 1. The van der Waals surface area contributed by atoms with Crippen molar-refractivity contribution in [3.05, 3.63) is 71.3 Å². The molecule has 3 heterocycles. The van der Waals surface area contributed by atoms with E-state index in [0.29, 0.717) is 23.5 Å². The molecule has 28 heavy (non-hydrogen) atoms. The molecule has 0 bridgehead atoms. The molecule has 0 saturated carbocycles. The third-order valence-corrected chi connectivity index (χ3v) is 4.73. The van der Waals surface area contributed by atoms with Gasteiger partial charge in [-0.2, -0.15) is 0 Å². The summed E-state index contributed by atoms with van der Waals surface area (Å²) in [6.07, 6.45) is 3.43. The molecular weight excluding hydrogens is 354 g/mol. The fourth-order valence-corrected chi connectivity index (χ4v) is 3.13. The standard InChI is InChI=1S/C21H19N5O2/c1-13-5-4-6-16-17(21(27)26(3)12-19-14(2)24-28-25-19)11-18(23-20(13)16)15-7-9-22-10-8-15/h4-11H,12H2,1-3H3. The van der Waals surface area contributed by atoms with Crippen LogP contribution in [-0.2, 0) is 6.54 Å². The third-order valence-electron chi connectivity index (χ3n) is 4.73. The van der Waals surface area contributed by atoms with Crippen LogP contribution in [0, 0.1) is 13.8 Å². The molecule has 0 aliphatic carbocycles. The van der Waals surface area contributed by atoms with E-state index in [0.717, 1.165) is 27.7 Å². The van der Waals surface area contributed by atoms with Gasteiger partial charge in [-0.1, -0.05) is 28.5 Å². The fraction of sp³-hybridized carbons (Fsp3) is 0.190. The van der Waals surface area contributed by atoms with E-state index in [2.05, 4.69) is 15.3 Å². The topological polar surface area (TPSA) is 85.0 Å². The highest BCUT2D eigenvalue weighted by Gasteiger charge is 2.20. The molecule has 7 nitrogen and oxygen atoms in total. The van der Waals surface area contributed by atoms with Crippen LogP contribution in [0.5, 0.6) is 0 Å². The lowest BCUT2D eigenvalue weighted by atomic mass is 10.0. The zero-order valence-corrected chi connectivity index (χ0v) is 15.9. The fourth-order valence-electron chi connectivity index (χ4n) is 3.13. The molecule has 0 N–H and O–H groups in total. The highest BCUT2D eigenvalue weighted by atomic mass is 16.6. The predicted octanol–water partition coefficient (Wildman–Crippen LogP) is 3.57. The molecule has 1 amide bonds. The van der Waals surface area contributed by atoms with Crippen molar-refractivity contribution >= 4 is 16.8 Å². The maximum atomic E-state index is 13.3. The van der Waals surface area contributed by atoms with Crippen molar-refractivity contribution in [1.29, 1.82) is 0 Å². The van der Waals surface area contributed by atoms with E-state index in [4.69, 9.17) is 9.61 Å². The number of pyridine rings is 2. The van der Waals surface area contributed by atoms with Crippen LogP contribution in [0.15, 0.2) is 53.4 Å². The van der Waals surface area contributed by atoms with Gasteiger partial charge in [0, 0.05) is 30.4 Å². The number of aromatic nitrogens is 4. The van der Waals surface area contributed by atoms with Gasteiger partial charge >= 0.3 is 0 Å². The summed E-state index contributed by atoms with van der Waals surface area (Å²) in [5, 5.41) is 8.47. The Labute approximate surface area is 162 Å². The van der Waals surface area contributed by atoms with Crippen molar-refractivity contribution in [2.24, 2.45) is 0 Å². The van der Waals surface area contributed by atoms with Crippen LogP contribution in [0.2, 0.25) is 0 Å². The maximum absolute atomic E-state index is 13.3. The largest absolute Gasteiger partial charge is 0.336 e. The number of amides is 1. The molecule has 0 saturated heterocycles. The molecule has 0 fully saturated rings. The molecule has 140 valence electrons. The average molecular weight is 373 g/mol. The second kappa shape index (κ2) is 7.19. The van der Waals surface area contributed by atoms with Crippen molar-refractivity contribution in [3.63, 3.8) is 0 Å². The molecule has 7 heteroatoms. The van der Waals surface area contributed by atoms with E-state index in [9.17, 15) is 4.79 Å². The smallest absolute Gasteiger partial charge is 0.254 e. The number of hydrogen-bond acceptors (Lipinski definition) is 6. The number of carbonyl (C=O) groups excluding carboxylic acids is 1. The number of aryl methyl sites for hydroxylation is 2. The molecular formula is C21H19N5O2. The number of nitrogens with zero attached hydrogens (tertiary/aromatic N) is 5. The summed E-state index contributed by atoms with van der Waals surface area (Å²) < 4.78 is 4.74. The SMILES string of the molecule is Cc1nonc1CN(C)C(=O)c1cc(-c2ccncc2)nc2c(C)cccc12. The van der Waals surface area contributed by atoms with E-state index in [1.165, 1.54) is 0 Å². The highest BCUT2D eigenvalue weighted by molar-refractivity contribution is 6.07. The normalized spacial score (nSPS) is 11.0. The second-order valence-electron chi connectivity index (χ2n) is 6.72. The average Bonchev–Trinajstić information content (AvgIpc) is 3.12. The van der Waals surface area contributed by atoms with E-state index in [1.807, 2.05) is 43.3 Å². The first-order valence-electron chi connectivity index (χ1n) is 8.89. The third kappa shape index (κ3) is 3.22. The second-order valence-corrected chi connectivity index (χ2v) is 6.72. The first-order valence-corrected chi connectivity index (χ1v) is 8.89. The number of hydrogen-bond donors (Lipinski definition) is 0. The molecule has 1 aromatic carbocycles. The lowest BCUT2D eigenvalue weighted by Crippen LogP contribution is -2.27. The maximum Gasteiger partial charge on any atom is 0.254 e. The Morgan fingerprint density at radius 3 is 2.61 bits per heavy atom. The zero-order valence-electron chi connectivity index (χ0n) is 15.9. The van der Waals surface area contributed by atoms with E-state index < -0.39 is 0 Å². The Hall–Kier alpha value is -3.61. The van der Waals surface area contributed by atoms with E-state index in [-0.39, 0.29) is 5.91 Å². The van der Waals surface area contributed by atoms with Crippen LogP contribution in [0.4, 0.5) is 0 Å². The summed E-state index contributed by atoms with van der Waals surface area (Å²) >= 11 is 0. The van der Waals surface area contributed by atoms with Gasteiger partial charge in [0.1, 0.15) is 11.4 Å². The van der Waals surface area contributed by atoms with Gasteiger partial charge in [0.25, 0.3) is 5.91 Å². The van der Waals surface area contributed by atoms with Gasteiger partial charge < -0.3 is 4.90 Å². The van der Waals surface area contributed by atoms with Crippen LogP contribution < -0.4 is 0 Å². The van der Waals surface area contributed by atoms with Gasteiger partial charge in [0.2, 0.25) is 0 Å². The Bertz CT molecular complexity index is 1150.